The predicted molar refractivity (Wildman–Crippen MR) is 103 cm³/mol. The third kappa shape index (κ3) is 3.74. The first kappa shape index (κ1) is 16.7. The van der Waals surface area contributed by atoms with Crippen molar-refractivity contribution in [1.29, 1.82) is 0 Å². The van der Waals surface area contributed by atoms with E-state index in [-0.39, 0.29) is 5.91 Å². The van der Waals surface area contributed by atoms with Crippen LogP contribution in [0.2, 0.25) is 0 Å². The Labute approximate surface area is 156 Å². The number of aromatic nitrogens is 4. The molecule has 0 spiro atoms. The van der Waals surface area contributed by atoms with E-state index in [1.165, 1.54) is 6.33 Å². The van der Waals surface area contributed by atoms with Gasteiger partial charge in [-0.2, -0.15) is 5.10 Å². The summed E-state index contributed by atoms with van der Waals surface area (Å²) in [6.07, 6.45) is 4.86. The minimum Gasteiger partial charge on any atom is -0.310 e. The van der Waals surface area contributed by atoms with E-state index in [1.807, 2.05) is 60.7 Å². The lowest BCUT2D eigenvalue weighted by Gasteiger charge is -2.17. The van der Waals surface area contributed by atoms with Gasteiger partial charge in [-0.1, -0.05) is 60.7 Å². The number of hydrogen-bond acceptors (Lipinski definition) is 4. The lowest BCUT2D eigenvalue weighted by molar-refractivity contribution is -0.116. The van der Waals surface area contributed by atoms with Crippen molar-refractivity contribution in [3.8, 4) is 5.82 Å². The zero-order chi connectivity index (χ0) is 18.5. The molecule has 0 atom stereocenters. The minimum absolute atomic E-state index is 0.155. The molecule has 0 saturated heterocycles. The van der Waals surface area contributed by atoms with Crippen molar-refractivity contribution in [2.75, 3.05) is 5.32 Å². The molecule has 0 bridgehead atoms. The first-order valence-corrected chi connectivity index (χ1v) is 8.54. The molecular weight excluding hydrogens is 338 g/mol. The summed E-state index contributed by atoms with van der Waals surface area (Å²) in [6.45, 7) is 0. The summed E-state index contributed by atoms with van der Waals surface area (Å²) in [5.74, 6) is 0.423. The molecule has 0 radical (unpaired) electrons. The first-order chi connectivity index (χ1) is 13.3. The summed E-state index contributed by atoms with van der Waals surface area (Å²) in [5.41, 5.74) is 1.84. The maximum absolute atomic E-state index is 13.1. The van der Waals surface area contributed by atoms with Crippen molar-refractivity contribution in [2.24, 2.45) is 0 Å². The second-order valence-electron chi connectivity index (χ2n) is 5.96. The van der Waals surface area contributed by atoms with Crippen molar-refractivity contribution in [3.63, 3.8) is 0 Å². The minimum atomic E-state index is -0.435. The van der Waals surface area contributed by atoms with E-state index in [4.69, 9.17) is 0 Å². The highest BCUT2D eigenvalue weighted by Gasteiger charge is 2.23. The number of nitrogens with one attached hydrogen (secondary N) is 1. The van der Waals surface area contributed by atoms with Crippen LogP contribution in [0.15, 0.2) is 91.5 Å². The largest absolute Gasteiger partial charge is 0.310 e. The van der Waals surface area contributed by atoms with Gasteiger partial charge < -0.3 is 5.32 Å². The zero-order valence-corrected chi connectivity index (χ0v) is 14.4. The van der Waals surface area contributed by atoms with Crippen molar-refractivity contribution in [2.45, 2.75) is 5.92 Å². The van der Waals surface area contributed by atoms with Crippen molar-refractivity contribution < 1.29 is 4.79 Å². The molecule has 6 nitrogen and oxygen atoms in total. The smallest absolute Gasteiger partial charge is 0.237 e. The highest BCUT2D eigenvalue weighted by Crippen LogP contribution is 2.26. The summed E-state index contributed by atoms with van der Waals surface area (Å²) in [6, 6.07) is 22.9. The molecule has 2 aromatic heterocycles. The predicted octanol–water partition coefficient (Wildman–Crippen LogP) is 3.43. The Kier molecular flexibility index (Phi) is 4.70. The Morgan fingerprint density at radius 3 is 2.15 bits per heavy atom. The molecule has 0 saturated carbocycles. The fourth-order valence-electron chi connectivity index (χ4n) is 2.93. The van der Waals surface area contributed by atoms with Gasteiger partial charge in [0.15, 0.2) is 5.82 Å². The summed E-state index contributed by atoms with van der Waals surface area (Å²) in [7, 11) is 0. The van der Waals surface area contributed by atoms with E-state index in [1.54, 1.807) is 29.2 Å². The van der Waals surface area contributed by atoms with Crippen molar-refractivity contribution in [1.82, 2.24) is 19.7 Å². The third-order valence-corrected chi connectivity index (χ3v) is 4.17. The third-order valence-electron chi connectivity index (χ3n) is 4.17. The quantitative estimate of drug-likeness (QED) is 0.595. The number of carbonyl (C=O) groups excluding carboxylic acids is 1. The number of amides is 1. The van der Waals surface area contributed by atoms with Gasteiger partial charge in [0.25, 0.3) is 0 Å². The average molecular weight is 355 g/mol. The van der Waals surface area contributed by atoms with E-state index >= 15 is 0 Å². The molecular formula is C21H17N5O. The van der Waals surface area contributed by atoms with Gasteiger partial charge in [0.2, 0.25) is 5.91 Å². The second kappa shape index (κ2) is 7.61. The first-order valence-electron chi connectivity index (χ1n) is 8.54. The summed E-state index contributed by atoms with van der Waals surface area (Å²) in [5, 5.41) is 7.06. The highest BCUT2D eigenvalue weighted by atomic mass is 16.1. The average Bonchev–Trinajstić information content (AvgIpc) is 3.25. The van der Waals surface area contributed by atoms with Gasteiger partial charge in [0.1, 0.15) is 12.1 Å². The fraction of sp³-hybridized carbons (Fsp3) is 0.0476. The lowest BCUT2D eigenvalue weighted by Crippen LogP contribution is -2.23. The van der Waals surface area contributed by atoms with Crippen LogP contribution < -0.4 is 5.32 Å². The molecule has 6 heteroatoms. The number of rotatable bonds is 5. The number of nitrogens with zero attached hydrogens (tertiary/aromatic N) is 4. The van der Waals surface area contributed by atoms with Crippen LogP contribution in [0.1, 0.15) is 17.0 Å². The van der Waals surface area contributed by atoms with Gasteiger partial charge in [-0.3, -0.25) is 4.79 Å². The Morgan fingerprint density at radius 1 is 0.889 bits per heavy atom. The fourth-order valence-corrected chi connectivity index (χ4v) is 2.93. The number of carbonyl (C=O) groups is 1. The molecule has 1 amide bonds. The molecule has 132 valence electrons. The monoisotopic (exact) mass is 355 g/mol. The second-order valence-corrected chi connectivity index (χ2v) is 5.96. The van der Waals surface area contributed by atoms with Crippen LogP contribution in [0, 0.1) is 0 Å². The van der Waals surface area contributed by atoms with Crippen LogP contribution in [-0.4, -0.2) is 25.7 Å². The Bertz CT molecular complexity index is 977. The van der Waals surface area contributed by atoms with Gasteiger partial charge in [0, 0.05) is 18.5 Å². The maximum Gasteiger partial charge on any atom is 0.237 e. The molecule has 2 heterocycles. The molecule has 0 aliphatic heterocycles. The Hall–Kier alpha value is -3.80. The van der Waals surface area contributed by atoms with E-state index in [2.05, 4.69) is 20.4 Å². The van der Waals surface area contributed by atoms with Crippen LogP contribution in [0.4, 0.5) is 5.82 Å². The van der Waals surface area contributed by atoms with Gasteiger partial charge in [0.05, 0.1) is 5.92 Å². The number of hydrogen-bond donors (Lipinski definition) is 1. The topological polar surface area (TPSA) is 72.7 Å². The Balaban J connectivity index is 1.64. The molecule has 4 rings (SSSR count). The Morgan fingerprint density at radius 2 is 1.56 bits per heavy atom. The maximum atomic E-state index is 13.1. The van der Waals surface area contributed by atoms with Crippen LogP contribution in [-0.2, 0) is 4.79 Å². The summed E-state index contributed by atoms with van der Waals surface area (Å²) >= 11 is 0. The van der Waals surface area contributed by atoms with Gasteiger partial charge in [-0.15, -0.1) is 0 Å². The molecule has 27 heavy (non-hydrogen) atoms. The van der Waals surface area contributed by atoms with Crippen LogP contribution in [0.25, 0.3) is 5.82 Å². The van der Waals surface area contributed by atoms with Crippen molar-refractivity contribution >= 4 is 11.7 Å². The van der Waals surface area contributed by atoms with Crippen molar-refractivity contribution in [3.05, 3.63) is 103 Å². The van der Waals surface area contributed by atoms with E-state index in [9.17, 15) is 4.79 Å². The molecule has 4 aromatic rings. The molecule has 2 aromatic carbocycles. The van der Waals surface area contributed by atoms with E-state index in [0.29, 0.717) is 11.6 Å². The van der Waals surface area contributed by atoms with Crippen LogP contribution >= 0.6 is 0 Å². The molecule has 0 aliphatic rings. The van der Waals surface area contributed by atoms with E-state index in [0.717, 1.165) is 11.1 Å². The molecule has 1 N–H and O–H groups in total. The van der Waals surface area contributed by atoms with Gasteiger partial charge in [-0.05, 0) is 17.2 Å². The lowest BCUT2D eigenvalue weighted by atomic mass is 9.90. The number of anilines is 1. The number of benzene rings is 2. The zero-order valence-electron chi connectivity index (χ0n) is 14.4. The summed E-state index contributed by atoms with van der Waals surface area (Å²) < 4.78 is 1.61. The highest BCUT2D eigenvalue weighted by molar-refractivity contribution is 5.97. The molecule has 0 aliphatic carbocycles. The standard InChI is InChI=1S/C21H17N5O/c27-21(25-18-14-19(23-15-22-18)26-13-7-12-24-26)20(16-8-3-1-4-9-16)17-10-5-2-6-11-17/h1-15,20H,(H,22,23,25,27). The van der Waals surface area contributed by atoms with Gasteiger partial charge in [-0.25, -0.2) is 14.6 Å². The molecule has 0 fully saturated rings. The van der Waals surface area contributed by atoms with Gasteiger partial charge >= 0.3 is 0 Å². The van der Waals surface area contributed by atoms with Crippen LogP contribution in [0.5, 0.6) is 0 Å². The molecule has 0 unspecified atom stereocenters. The SMILES string of the molecule is O=C(Nc1cc(-n2cccn2)ncn1)C(c1ccccc1)c1ccccc1. The van der Waals surface area contributed by atoms with Crippen LogP contribution in [0.3, 0.4) is 0 Å². The normalized spacial score (nSPS) is 10.7. The van der Waals surface area contributed by atoms with E-state index < -0.39 is 5.92 Å². The summed E-state index contributed by atoms with van der Waals surface area (Å²) in [4.78, 5) is 21.5.